The molecule has 0 aromatic heterocycles. The molecule has 1 aromatic carbocycles. The number of carbonyl (C=O) groups excluding carboxylic acids is 1. The van der Waals surface area contributed by atoms with E-state index in [9.17, 15) is 4.79 Å². The van der Waals surface area contributed by atoms with Crippen LogP contribution in [0.25, 0.3) is 0 Å². The lowest BCUT2D eigenvalue weighted by Gasteiger charge is -2.48. The predicted molar refractivity (Wildman–Crippen MR) is 105 cm³/mol. The summed E-state index contributed by atoms with van der Waals surface area (Å²) in [5.74, 6) is 1.25. The summed E-state index contributed by atoms with van der Waals surface area (Å²) < 4.78 is 16.3. The van der Waals surface area contributed by atoms with Crippen molar-refractivity contribution in [2.24, 2.45) is 0 Å². The molecule has 1 saturated heterocycles. The summed E-state index contributed by atoms with van der Waals surface area (Å²) >= 11 is 0. The molecule has 1 aromatic rings. The molecule has 1 heterocycles. The van der Waals surface area contributed by atoms with Gasteiger partial charge in [-0.2, -0.15) is 0 Å². The Kier molecular flexibility index (Phi) is 6.60. The van der Waals surface area contributed by atoms with Crippen LogP contribution in [0.4, 0.5) is 0 Å². The van der Waals surface area contributed by atoms with Crippen LogP contribution in [-0.2, 0) is 4.74 Å². The molecular weight excluding hydrogens is 344 g/mol. The minimum Gasteiger partial charge on any atom is -0.496 e. The minimum absolute atomic E-state index is 0.0521. The molecule has 1 N–H and O–H groups in total. The summed E-state index contributed by atoms with van der Waals surface area (Å²) in [5.41, 5.74) is 1.52. The maximum atomic E-state index is 12.9. The number of morpholine rings is 1. The third-order valence-electron chi connectivity index (χ3n) is 6.06. The first-order chi connectivity index (χ1) is 13.1. The molecule has 6 nitrogen and oxygen atoms in total. The van der Waals surface area contributed by atoms with Crippen LogP contribution in [-0.4, -0.2) is 63.4 Å². The molecule has 6 heteroatoms. The fourth-order valence-electron chi connectivity index (χ4n) is 4.42. The van der Waals surface area contributed by atoms with Crippen molar-refractivity contribution in [3.8, 4) is 11.5 Å². The van der Waals surface area contributed by atoms with Crippen molar-refractivity contribution < 1.29 is 19.0 Å². The summed E-state index contributed by atoms with van der Waals surface area (Å²) in [7, 11) is 3.22. The largest absolute Gasteiger partial charge is 0.496 e. The van der Waals surface area contributed by atoms with Gasteiger partial charge in [-0.05, 0) is 31.9 Å². The van der Waals surface area contributed by atoms with E-state index in [4.69, 9.17) is 14.2 Å². The Balaban J connectivity index is 1.74. The van der Waals surface area contributed by atoms with E-state index in [-0.39, 0.29) is 11.4 Å². The van der Waals surface area contributed by atoms with Gasteiger partial charge in [-0.3, -0.25) is 9.69 Å². The van der Waals surface area contributed by atoms with Gasteiger partial charge in [0.1, 0.15) is 11.5 Å². The van der Waals surface area contributed by atoms with E-state index < -0.39 is 0 Å². The number of ether oxygens (including phenoxy) is 3. The van der Waals surface area contributed by atoms with Gasteiger partial charge in [0.15, 0.2) is 0 Å². The molecule has 0 unspecified atom stereocenters. The number of rotatable bonds is 6. The summed E-state index contributed by atoms with van der Waals surface area (Å²) in [4.78, 5) is 15.4. The summed E-state index contributed by atoms with van der Waals surface area (Å²) in [6.07, 6.45) is 5.99. The minimum atomic E-state index is -0.0789. The fraction of sp³-hybridized carbons (Fsp3) is 0.667. The molecule has 0 radical (unpaired) electrons. The van der Waals surface area contributed by atoms with E-state index in [2.05, 4.69) is 10.2 Å². The molecule has 27 heavy (non-hydrogen) atoms. The van der Waals surface area contributed by atoms with Gasteiger partial charge >= 0.3 is 0 Å². The zero-order valence-corrected chi connectivity index (χ0v) is 16.8. The van der Waals surface area contributed by atoms with Gasteiger partial charge in [0.25, 0.3) is 5.91 Å². The third kappa shape index (κ3) is 4.38. The quantitative estimate of drug-likeness (QED) is 0.827. The number of methoxy groups -OCH3 is 2. The van der Waals surface area contributed by atoms with Crippen molar-refractivity contribution >= 4 is 5.91 Å². The number of nitrogens with one attached hydrogen (secondary N) is 1. The number of hydrogen-bond acceptors (Lipinski definition) is 5. The lowest BCUT2D eigenvalue weighted by molar-refractivity contribution is -0.0361. The normalized spacial score (nSPS) is 20.1. The molecule has 2 aliphatic rings. The van der Waals surface area contributed by atoms with Crippen molar-refractivity contribution in [1.29, 1.82) is 0 Å². The summed E-state index contributed by atoms with van der Waals surface area (Å²) in [5, 5.41) is 3.20. The van der Waals surface area contributed by atoms with Crippen LogP contribution in [0.15, 0.2) is 12.1 Å². The molecule has 0 bridgehead atoms. The first-order valence-electron chi connectivity index (χ1n) is 9.93. The molecule has 1 aliphatic heterocycles. The Hall–Kier alpha value is -1.79. The molecule has 0 atom stereocenters. The monoisotopic (exact) mass is 376 g/mol. The predicted octanol–water partition coefficient (Wildman–Crippen LogP) is 2.78. The van der Waals surface area contributed by atoms with Gasteiger partial charge in [-0.1, -0.05) is 19.3 Å². The third-order valence-corrected chi connectivity index (χ3v) is 6.06. The number of carbonyl (C=O) groups is 1. The maximum Gasteiger partial charge on any atom is 0.251 e. The molecule has 150 valence electrons. The van der Waals surface area contributed by atoms with Crippen molar-refractivity contribution in [3.05, 3.63) is 23.3 Å². The van der Waals surface area contributed by atoms with Crippen LogP contribution in [0.5, 0.6) is 11.5 Å². The Labute approximate surface area is 162 Å². The number of amides is 1. The Bertz CT molecular complexity index is 625. The molecular formula is C21H32N2O4. The van der Waals surface area contributed by atoms with Gasteiger partial charge in [0, 0.05) is 36.3 Å². The zero-order valence-electron chi connectivity index (χ0n) is 16.8. The van der Waals surface area contributed by atoms with Crippen LogP contribution >= 0.6 is 0 Å². The lowest BCUT2D eigenvalue weighted by Crippen LogP contribution is -2.59. The lowest BCUT2D eigenvalue weighted by atomic mass is 9.79. The van der Waals surface area contributed by atoms with Crippen LogP contribution in [0.2, 0.25) is 0 Å². The highest BCUT2D eigenvalue weighted by Gasteiger charge is 2.38. The molecule has 1 aliphatic carbocycles. The average molecular weight is 376 g/mol. The second-order valence-corrected chi connectivity index (χ2v) is 7.57. The molecule has 2 fully saturated rings. The van der Waals surface area contributed by atoms with E-state index in [0.29, 0.717) is 23.6 Å². The molecule has 1 amide bonds. The van der Waals surface area contributed by atoms with E-state index in [1.165, 1.54) is 19.3 Å². The summed E-state index contributed by atoms with van der Waals surface area (Å²) in [6, 6.07) is 3.57. The van der Waals surface area contributed by atoms with Gasteiger partial charge in [0.05, 0.1) is 27.4 Å². The SMILES string of the molecule is COc1cc(C(=O)NCC2(N3CCOCC3)CCCCC2)cc(OC)c1C. The van der Waals surface area contributed by atoms with E-state index in [1.807, 2.05) is 6.92 Å². The first-order valence-corrected chi connectivity index (χ1v) is 9.93. The Morgan fingerprint density at radius 3 is 2.26 bits per heavy atom. The molecule has 1 saturated carbocycles. The Morgan fingerprint density at radius 2 is 1.70 bits per heavy atom. The molecule has 0 spiro atoms. The average Bonchev–Trinajstić information content (AvgIpc) is 2.73. The van der Waals surface area contributed by atoms with Gasteiger partial charge in [0.2, 0.25) is 0 Å². The van der Waals surface area contributed by atoms with Gasteiger partial charge in [-0.25, -0.2) is 0 Å². The number of nitrogens with zero attached hydrogens (tertiary/aromatic N) is 1. The summed E-state index contributed by atoms with van der Waals surface area (Å²) in [6.45, 7) is 6.05. The van der Waals surface area contributed by atoms with Crippen molar-refractivity contribution in [2.75, 3.05) is 47.1 Å². The maximum absolute atomic E-state index is 12.9. The highest BCUT2D eigenvalue weighted by Crippen LogP contribution is 2.34. The van der Waals surface area contributed by atoms with E-state index in [0.717, 1.165) is 44.7 Å². The highest BCUT2D eigenvalue weighted by atomic mass is 16.5. The second kappa shape index (κ2) is 8.93. The van der Waals surface area contributed by atoms with Gasteiger partial charge in [-0.15, -0.1) is 0 Å². The topological polar surface area (TPSA) is 60.0 Å². The number of benzene rings is 1. The Morgan fingerprint density at radius 1 is 1.11 bits per heavy atom. The van der Waals surface area contributed by atoms with Gasteiger partial charge < -0.3 is 19.5 Å². The molecule has 3 rings (SSSR count). The van der Waals surface area contributed by atoms with Crippen LogP contribution in [0.1, 0.15) is 48.0 Å². The standard InChI is InChI=1S/C21H32N2O4/c1-16-18(25-2)13-17(14-19(16)26-3)20(24)22-15-21(7-5-4-6-8-21)23-9-11-27-12-10-23/h13-14H,4-12,15H2,1-3H3,(H,22,24). The smallest absolute Gasteiger partial charge is 0.251 e. The van der Waals surface area contributed by atoms with Crippen molar-refractivity contribution in [1.82, 2.24) is 10.2 Å². The van der Waals surface area contributed by atoms with Crippen LogP contribution < -0.4 is 14.8 Å². The zero-order chi connectivity index (χ0) is 19.3. The fourth-order valence-corrected chi connectivity index (χ4v) is 4.42. The second-order valence-electron chi connectivity index (χ2n) is 7.57. The van der Waals surface area contributed by atoms with Crippen LogP contribution in [0, 0.1) is 6.92 Å². The number of hydrogen-bond donors (Lipinski definition) is 1. The van der Waals surface area contributed by atoms with Crippen molar-refractivity contribution in [3.63, 3.8) is 0 Å². The van der Waals surface area contributed by atoms with E-state index >= 15 is 0 Å². The van der Waals surface area contributed by atoms with Crippen molar-refractivity contribution in [2.45, 2.75) is 44.6 Å². The first kappa shape index (κ1) is 20.0. The van der Waals surface area contributed by atoms with E-state index in [1.54, 1.807) is 26.4 Å². The highest BCUT2D eigenvalue weighted by molar-refractivity contribution is 5.95. The van der Waals surface area contributed by atoms with Crippen LogP contribution in [0.3, 0.4) is 0 Å².